The van der Waals surface area contributed by atoms with Gasteiger partial charge < -0.3 is 20.9 Å². The van der Waals surface area contributed by atoms with Crippen molar-refractivity contribution < 1.29 is 41.1 Å². The number of nitrogens with zero attached hydrogens (tertiary/aromatic N) is 2. The maximum atomic E-state index is 15.2. The fourth-order valence-corrected chi connectivity index (χ4v) is 5.69. The van der Waals surface area contributed by atoms with E-state index in [1.807, 2.05) is 6.07 Å². The Bertz CT molecular complexity index is 1110. The SMILES string of the molecule is CC(C)=C[C@H]1CCN2C(=O)[C@@H](NC(=O)C(F)(F)F)C(C)(C)CCC(F)(F)[C@@H]3C[C@@H](C[C@@H](C#N)NC(=O)[C@H]12)C(=O)N3. The molecule has 0 spiro atoms. The highest BCUT2D eigenvalue weighted by atomic mass is 19.4. The molecule has 0 saturated carbocycles. The third-order valence-electron chi connectivity index (χ3n) is 7.92. The summed E-state index contributed by atoms with van der Waals surface area (Å²) < 4.78 is 70.3. The molecule has 4 amide bonds. The van der Waals surface area contributed by atoms with Gasteiger partial charge in [0.2, 0.25) is 17.7 Å². The summed E-state index contributed by atoms with van der Waals surface area (Å²) in [5, 5.41) is 16.1. The minimum atomic E-state index is -5.35. The summed E-state index contributed by atoms with van der Waals surface area (Å²) in [6, 6.07) is -4.13. The lowest BCUT2D eigenvalue weighted by atomic mass is 9.77. The third kappa shape index (κ3) is 6.72. The normalized spacial score (nSPS) is 32.5. The van der Waals surface area contributed by atoms with Crippen molar-refractivity contribution in [1.82, 2.24) is 20.9 Å². The van der Waals surface area contributed by atoms with Crippen molar-refractivity contribution in [2.45, 2.75) is 96.1 Å². The number of halogens is 5. The number of carbonyl (C=O) groups is 4. The maximum Gasteiger partial charge on any atom is 0.471 e. The first kappa shape index (κ1) is 31.3. The van der Waals surface area contributed by atoms with E-state index in [4.69, 9.17) is 0 Å². The predicted molar refractivity (Wildman–Crippen MR) is 131 cm³/mol. The Morgan fingerprint density at radius 1 is 1.10 bits per heavy atom. The molecule has 0 aromatic rings. The molecule has 40 heavy (non-hydrogen) atoms. The molecule has 3 aliphatic rings. The van der Waals surface area contributed by atoms with Crippen LogP contribution in [0.25, 0.3) is 0 Å². The van der Waals surface area contributed by atoms with Gasteiger partial charge in [-0.1, -0.05) is 25.5 Å². The van der Waals surface area contributed by atoms with E-state index in [1.165, 1.54) is 13.8 Å². The van der Waals surface area contributed by atoms with Crippen molar-refractivity contribution in [3.63, 3.8) is 0 Å². The largest absolute Gasteiger partial charge is 0.471 e. The minimum absolute atomic E-state index is 0.0552. The number of rotatable bonds is 2. The Morgan fingerprint density at radius 2 is 1.75 bits per heavy atom. The van der Waals surface area contributed by atoms with Gasteiger partial charge in [0.05, 0.1) is 12.1 Å². The number of nitriles is 1. The van der Waals surface area contributed by atoms with Crippen LogP contribution >= 0.6 is 0 Å². The first-order valence-electron chi connectivity index (χ1n) is 13.1. The van der Waals surface area contributed by atoms with E-state index < -0.39 is 90.0 Å². The zero-order valence-corrected chi connectivity index (χ0v) is 22.7. The predicted octanol–water partition coefficient (Wildman–Crippen LogP) is 2.58. The number of nitrogens with one attached hydrogen (secondary N) is 3. The molecule has 0 unspecified atom stereocenters. The lowest BCUT2D eigenvalue weighted by Gasteiger charge is -2.39. The van der Waals surface area contributed by atoms with E-state index >= 15 is 8.78 Å². The van der Waals surface area contributed by atoms with Gasteiger partial charge in [0.25, 0.3) is 5.92 Å². The van der Waals surface area contributed by atoms with Gasteiger partial charge in [-0.15, -0.1) is 0 Å². The number of fused-ring (bicyclic) bond motifs is 3. The lowest BCUT2D eigenvalue weighted by molar-refractivity contribution is -0.176. The van der Waals surface area contributed by atoms with E-state index in [2.05, 4.69) is 10.6 Å². The highest BCUT2D eigenvalue weighted by Crippen LogP contribution is 2.40. The monoisotopic (exact) mass is 575 g/mol. The number of hydrogen-bond acceptors (Lipinski definition) is 5. The van der Waals surface area contributed by atoms with Crippen LogP contribution in [0.2, 0.25) is 0 Å². The summed E-state index contributed by atoms with van der Waals surface area (Å²) in [5.41, 5.74) is -0.813. The molecule has 3 N–H and O–H groups in total. The highest BCUT2D eigenvalue weighted by molar-refractivity contribution is 5.94. The summed E-state index contributed by atoms with van der Waals surface area (Å²) in [6.07, 6.45) is -5.30. The minimum Gasteiger partial charge on any atom is -0.347 e. The lowest BCUT2D eigenvalue weighted by Crippen LogP contribution is -2.61. The summed E-state index contributed by atoms with van der Waals surface area (Å²) in [7, 11) is 0. The van der Waals surface area contributed by atoms with Gasteiger partial charge in [0, 0.05) is 24.8 Å². The number of allylic oxidation sites excluding steroid dienone is 1. The van der Waals surface area contributed by atoms with Crippen molar-refractivity contribution in [1.29, 1.82) is 5.26 Å². The number of hydrogen-bond donors (Lipinski definition) is 3. The Balaban J connectivity index is 2.10. The Hall–Kier alpha value is -3.24. The van der Waals surface area contributed by atoms with Crippen LogP contribution in [0.4, 0.5) is 22.0 Å². The third-order valence-corrected chi connectivity index (χ3v) is 7.92. The summed E-state index contributed by atoms with van der Waals surface area (Å²) >= 11 is 0. The molecule has 9 nitrogen and oxygen atoms in total. The molecule has 3 fully saturated rings. The second-order valence-electron chi connectivity index (χ2n) is 11.7. The summed E-state index contributed by atoms with van der Waals surface area (Å²) in [6.45, 7) is 6.05. The van der Waals surface area contributed by atoms with Gasteiger partial charge in [0.15, 0.2) is 0 Å². The van der Waals surface area contributed by atoms with E-state index in [-0.39, 0.29) is 25.8 Å². The van der Waals surface area contributed by atoms with Gasteiger partial charge >= 0.3 is 12.1 Å². The second-order valence-corrected chi connectivity index (χ2v) is 11.7. The van der Waals surface area contributed by atoms with Crippen LogP contribution in [-0.4, -0.2) is 71.3 Å². The highest BCUT2D eigenvalue weighted by Gasteiger charge is 2.53. The van der Waals surface area contributed by atoms with Gasteiger partial charge in [-0.3, -0.25) is 19.2 Å². The Labute approximate surface area is 228 Å². The quantitative estimate of drug-likeness (QED) is 0.344. The van der Waals surface area contributed by atoms with Gasteiger partial charge in [-0.05, 0) is 44.9 Å². The average molecular weight is 576 g/mol. The summed E-state index contributed by atoms with van der Waals surface area (Å²) in [5.74, 6) is -9.94. The van der Waals surface area contributed by atoms with E-state index in [0.29, 0.717) is 0 Å². The second kappa shape index (κ2) is 11.3. The van der Waals surface area contributed by atoms with Crippen molar-refractivity contribution in [3.05, 3.63) is 11.6 Å². The van der Waals surface area contributed by atoms with Crippen molar-refractivity contribution in [2.24, 2.45) is 17.3 Å². The fraction of sp³-hybridized carbons (Fsp3) is 0.731. The molecule has 3 aliphatic heterocycles. The number of carbonyl (C=O) groups excluding carboxylic acids is 4. The molecule has 0 radical (unpaired) electrons. The van der Waals surface area contributed by atoms with E-state index in [1.54, 1.807) is 25.2 Å². The standard InChI is InChI=1S/C26H34F5N5O4/c1-13(2)9-14-5-8-36-18(14)21(38)33-16(12-32)10-15-11-17(34-20(15)37)25(27,28)7-6-24(3,4)19(22(36)39)35-23(40)26(29,30)31/h9,14-19H,5-8,10-11H2,1-4H3,(H,33,38)(H,34,37)(H,35,40)/t14-,15-,16+,17+,18+,19-/m1/s1. The topological polar surface area (TPSA) is 131 Å². The maximum absolute atomic E-state index is 15.2. The van der Waals surface area contributed by atoms with Gasteiger partial charge in [-0.2, -0.15) is 18.4 Å². The molecule has 0 aliphatic carbocycles. The molecule has 3 heterocycles. The van der Waals surface area contributed by atoms with Crippen LogP contribution in [0.1, 0.15) is 59.8 Å². The molecular formula is C26H34F5N5O4. The molecule has 0 aromatic heterocycles. The van der Waals surface area contributed by atoms with Crippen molar-refractivity contribution >= 4 is 23.6 Å². The molecule has 222 valence electrons. The number of alkyl halides is 5. The fourth-order valence-electron chi connectivity index (χ4n) is 5.69. The van der Waals surface area contributed by atoms with E-state index in [0.717, 1.165) is 10.5 Å². The number of amides is 4. The van der Waals surface area contributed by atoms with Crippen LogP contribution < -0.4 is 16.0 Å². The first-order valence-corrected chi connectivity index (χ1v) is 13.1. The molecule has 14 heteroatoms. The van der Waals surface area contributed by atoms with Gasteiger partial charge in [0.1, 0.15) is 18.1 Å². The van der Waals surface area contributed by atoms with E-state index in [9.17, 15) is 37.6 Å². The van der Waals surface area contributed by atoms with Crippen LogP contribution in [0, 0.1) is 28.6 Å². The molecular weight excluding hydrogens is 541 g/mol. The van der Waals surface area contributed by atoms with Crippen LogP contribution in [0.5, 0.6) is 0 Å². The zero-order valence-electron chi connectivity index (χ0n) is 22.7. The first-order chi connectivity index (χ1) is 18.4. The molecule has 2 bridgehead atoms. The van der Waals surface area contributed by atoms with Crippen LogP contribution in [-0.2, 0) is 19.2 Å². The van der Waals surface area contributed by atoms with Gasteiger partial charge in [-0.25, -0.2) is 8.78 Å². The summed E-state index contributed by atoms with van der Waals surface area (Å²) in [4.78, 5) is 52.9. The zero-order chi connectivity index (χ0) is 30.2. The average Bonchev–Trinajstić information content (AvgIpc) is 3.42. The van der Waals surface area contributed by atoms with Crippen LogP contribution in [0.3, 0.4) is 0 Å². The Morgan fingerprint density at radius 3 is 2.33 bits per heavy atom. The smallest absolute Gasteiger partial charge is 0.347 e. The molecule has 6 atom stereocenters. The molecule has 3 rings (SSSR count). The Kier molecular flexibility index (Phi) is 8.86. The molecule has 3 saturated heterocycles. The van der Waals surface area contributed by atoms with Crippen molar-refractivity contribution in [2.75, 3.05) is 6.54 Å². The van der Waals surface area contributed by atoms with Crippen LogP contribution in [0.15, 0.2) is 11.6 Å². The molecule has 0 aromatic carbocycles. The van der Waals surface area contributed by atoms with Crippen molar-refractivity contribution in [3.8, 4) is 6.07 Å².